The third kappa shape index (κ3) is 3.00. The number of nitrogens with zero attached hydrogens (tertiary/aromatic N) is 2. The quantitative estimate of drug-likeness (QED) is 0.685. The van der Waals surface area contributed by atoms with Crippen molar-refractivity contribution in [2.45, 2.75) is 13.5 Å². The molecule has 0 bridgehead atoms. The molecule has 0 saturated heterocycles. The summed E-state index contributed by atoms with van der Waals surface area (Å²) >= 11 is 0. The van der Waals surface area contributed by atoms with E-state index in [1.165, 1.54) is 6.26 Å². The molecule has 0 aliphatic rings. The first-order valence-corrected chi connectivity index (χ1v) is 6.32. The van der Waals surface area contributed by atoms with Crippen molar-refractivity contribution in [3.63, 3.8) is 0 Å². The predicted octanol–water partition coefficient (Wildman–Crippen LogP) is 3.00. The summed E-state index contributed by atoms with van der Waals surface area (Å²) in [6.07, 6.45) is 1.51. The molecule has 6 heteroatoms. The van der Waals surface area contributed by atoms with Gasteiger partial charge in [-0.2, -0.15) is 0 Å². The van der Waals surface area contributed by atoms with E-state index >= 15 is 0 Å². The Morgan fingerprint density at radius 3 is 2.90 bits per heavy atom. The SMILES string of the molecule is Cc1cccc(C(=O)OCc2nnc(-c3ccco3)o2)c1. The molecular weight excluding hydrogens is 272 g/mol. The Bertz CT molecular complexity index is 747. The van der Waals surface area contributed by atoms with E-state index in [-0.39, 0.29) is 18.4 Å². The number of benzene rings is 1. The highest BCUT2D eigenvalue weighted by Gasteiger charge is 2.13. The van der Waals surface area contributed by atoms with Gasteiger partial charge in [0.05, 0.1) is 11.8 Å². The van der Waals surface area contributed by atoms with E-state index in [9.17, 15) is 4.79 Å². The van der Waals surface area contributed by atoms with E-state index in [2.05, 4.69) is 10.2 Å². The molecule has 1 aromatic carbocycles. The molecule has 21 heavy (non-hydrogen) atoms. The molecule has 3 rings (SSSR count). The molecule has 0 atom stereocenters. The highest BCUT2D eigenvalue weighted by atomic mass is 16.5. The van der Waals surface area contributed by atoms with Gasteiger partial charge in [-0.3, -0.25) is 0 Å². The average Bonchev–Trinajstić information content (AvgIpc) is 3.15. The van der Waals surface area contributed by atoms with E-state index < -0.39 is 5.97 Å². The van der Waals surface area contributed by atoms with Crippen molar-refractivity contribution in [2.75, 3.05) is 0 Å². The Balaban J connectivity index is 1.64. The lowest BCUT2D eigenvalue weighted by molar-refractivity contribution is 0.0438. The molecule has 0 saturated carbocycles. The van der Waals surface area contributed by atoms with Crippen molar-refractivity contribution in [3.8, 4) is 11.7 Å². The van der Waals surface area contributed by atoms with Crippen molar-refractivity contribution < 1.29 is 18.4 Å². The summed E-state index contributed by atoms with van der Waals surface area (Å²) in [5.74, 6) is 0.499. The first kappa shape index (κ1) is 13.1. The maximum atomic E-state index is 11.9. The van der Waals surface area contributed by atoms with E-state index in [1.54, 1.807) is 30.3 Å². The molecule has 0 N–H and O–H groups in total. The van der Waals surface area contributed by atoms with Crippen LogP contribution in [0.3, 0.4) is 0 Å². The summed E-state index contributed by atoms with van der Waals surface area (Å²) in [6.45, 7) is 1.82. The van der Waals surface area contributed by atoms with Gasteiger partial charge in [0.2, 0.25) is 0 Å². The minimum atomic E-state index is -0.434. The molecule has 2 heterocycles. The molecule has 3 aromatic rings. The Hall–Kier alpha value is -2.89. The van der Waals surface area contributed by atoms with Gasteiger partial charge in [0.1, 0.15) is 0 Å². The van der Waals surface area contributed by atoms with Gasteiger partial charge in [-0.15, -0.1) is 10.2 Å². The normalized spacial score (nSPS) is 10.5. The number of esters is 1. The zero-order chi connectivity index (χ0) is 14.7. The summed E-state index contributed by atoms with van der Waals surface area (Å²) in [5.41, 5.74) is 1.48. The minimum Gasteiger partial charge on any atom is -0.459 e. The van der Waals surface area contributed by atoms with Gasteiger partial charge >= 0.3 is 5.97 Å². The maximum absolute atomic E-state index is 11.9. The summed E-state index contributed by atoms with van der Waals surface area (Å²) in [6, 6.07) is 10.6. The minimum absolute atomic E-state index is 0.0829. The fraction of sp³-hybridized carbons (Fsp3) is 0.133. The second-order valence-corrected chi connectivity index (χ2v) is 4.42. The van der Waals surface area contributed by atoms with Crippen molar-refractivity contribution in [1.82, 2.24) is 10.2 Å². The summed E-state index contributed by atoms with van der Waals surface area (Å²) < 4.78 is 15.6. The van der Waals surface area contributed by atoms with Crippen LogP contribution in [0.15, 0.2) is 51.5 Å². The van der Waals surface area contributed by atoms with Crippen LogP contribution < -0.4 is 0 Å². The molecule has 0 amide bonds. The van der Waals surface area contributed by atoms with Crippen LogP contribution >= 0.6 is 0 Å². The molecule has 2 aromatic heterocycles. The second-order valence-electron chi connectivity index (χ2n) is 4.42. The molecule has 0 aliphatic carbocycles. The molecule has 6 nitrogen and oxygen atoms in total. The summed E-state index contributed by atoms with van der Waals surface area (Å²) in [5, 5.41) is 7.62. The number of hydrogen-bond donors (Lipinski definition) is 0. The zero-order valence-electron chi connectivity index (χ0n) is 11.3. The van der Waals surface area contributed by atoms with Gasteiger partial charge in [-0.05, 0) is 31.2 Å². The standard InChI is InChI=1S/C15H12N2O4/c1-10-4-2-5-11(8-10)15(18)20-9-13-16-17-14(21-13)12-6-3-7-19-12/h2-8H,9H2,1H3. The molecular formula is C15H12N2O4. The van der Waals surface area contributed by atoms with Crippen LogP contribution in [-0.4, -0.2) is 16.2 Å². The fourth-order valence-electron chi connectivity index (χ4n) is 1.79. The fourth-order valence-corrected chi connectivity index (χ4v) is 1.79. The van der Waals surface area contributed by atoms with Crippen molar-refractivity contribution in [2.24, 2.45) is 0 Å². The number of carbonyl (C=O) groups is 1. The largest absolute Gasteiger partial charge is 0.459 e. The van der Waals surface area contributed by atoms with Gasteiger partial charge < -0.3 is 13.6 Å². The molecule has 0 aliphatic heterocycles. The summed E-state index contributed by atoms with van der Waals surface area (Å²) in [7, 11) is 0. The van der Waals surface area contributed by atoms with Gasteiger partial charge in [-0.25, -0.2) is 4.79 Å². The topological polar surface area (TPSA) is 78.4 Å². The Morgan fingerprint density at radius 2 is 2.14 bits per heavy atom. The monoisotopic (exact) mass is 284 g/mol. The van der Waals surface area contributed by atoms with E-state index in [1.807, 2.05) is 13.0 Å². The lowest BCUT2D eigenvalue weighted by Gasteiger charge is -2.02. The smallest absolute Gasteiger partial charge is 0.338 e. The first-order chi connectivity index (χ1) is 10.2. The molecule has 0 radical (unpaired) electrons. The Labute approximate surface area is 120 Å². The lowest BCUT2D eigenvalue weighted by atomic mass is 10.1. The number of hydrogen-bond acceptors (Lipinski definition) is 6. The number of carbonyl (C=O) groups excluding carboxylic acids is 1. The van der Waals surface area contributed by atoms with Crippen LogP contribution in [0.5, 0.6) is 0 Å². The number of aryl methyl sites for hydroxylation is 1. The number of furan rings is 1. The zero-order valence-corrected chi connectivity index (χ0v) is 11.3. The van der Waals surface area contributed by atoms with E-state index in [4.69, 9.17) is 13.6 Å². The van der Waals surface area contributed by atoms with Crippen LogP contribution in [0.2, 0.25) is 0 Å². The highest BCUT2D eigenvalue weighted by Crippen LogP contribution is 2.18. The molecule has 0 unspecified atom stereocenters. The first-order valence-electron chi connectivity index (χ1n) is 6.32. The maximum Gasteiger partial charge on any atom is 0.338 e. The molecule has 106 valence electrons. The third-order valence-corrected chi connectivity index (χ3v) is 2.78. The average molecular weight is 284 g/mol. The number of rotatable bonds is 4. The highest BCUT2D eigenvalue weighted by molar-refractivity contribution is 5.89. The number of aromatic nitrogens is 2. The van der Waals surface area contributed by atoms with Gasteiger partial charge in [0.25, 0.3) is 11.8 Å². The lowest BCUT2D eigenvalue weighted by Crippen LogP contribution is -2.05. The van der Waals surface area contributed by atoms with Crippen LogP contribution in [0.1, 0.15) is 21.8 Å². The number of ether oxygens (including phenoxy) is 1. The van der Waals surface area contributed by atoms with Crippen LogP contribution in [-0.2, 0) is 11.3 Å². The Morgan fingerprint density at radius 1 is 1.24 bits per heavy atom. The molecule has 0 fully saturated rings. The van der Waals surface area contributed by atoms with E-state index in [0.29, 0.717) is 11.3 Å². The van der Waals surface area contributed by atoms with Gasteiger partial charge in [0, 0.05) is 0 Å². The second kappa shape index (κ2) is 5.62. The van der Waals surface area contributed by atoms with Crippen LogP contribution in [0.4, 0.5) is 0 Å². The van der Waals surface area contributed by atoms with Crippen molar-refractivity contribution >= 4 is 5.97 Å². The van der Waals surface area contributed by atoms with Crippen molar-refractivity contribution in [3.05, 3.63) is 59.7 Å². The van der Waals surface area contributed by atoms with Gasteiger partial charge in [0.15, 0.2) is 12.4 Å². The van der Waals surface area contributed by atoms with Crippen molar-refractivity contribution in [1.29, 1.82) is 0 Å². The summed E-state index contributed by atoms with van der Waals surface area (Å²) in [4.78, 5) is 11.9. The predicted molar refractivity (Wildman–Crippen MR) is 72.3 cm³/mol. The van der Waals surface area contributed by atoms with Crippen LogP contribution in [0, 0.1) is 6.92 Å². The van der Waals surface area contributed by atoms with E-state index in [0.717, 1.165) is 5.56 Å². The Kier molecular flexibility index (Phi) is 3.51. The van der Waals surface area contributed by atoms with Crippen LogP contribution in [0.25, 0.3) is 11.7 Å². The van der Waals surface area contributed by atoms with Gasteiger partial charge in [-0.1, -0.05) is 17.7 Å². The molecule has 0 spiro atoms. The third-order valence-electron chi connectivity index (χ3n) is 2.78.